The highest BCUT2D eigenvalue weighted by atomic mass is 16.5. The quantitative estimate of drug-likeness (QED) is 0.755. The standard InChI is InChI=1S/C22H21N3O2/c1-27-20-13-7-6-12-19(20)25-22(26)16-9-3-2-8-15(16)21-17-10-4-5-11-18(17)23-14-24-21/h2-3,6-9,12-14H,4-5,10-11H2,1H3,(H,25,26). The monoisotopic (exact) mass is 359 g/mol. The van der Waals surface area contributed by atoms with Crippen molar-refractivity contribution in [2.24, 2.45) is 0 Å². The minimum atomic E-state index is -0.182. The maximum absolute atomic E-state index is 13.0. The van der Waals surface area contributed by atoms with Gasteiger partial charge in [-0.15, -0.1) is 0 Å². The molecule has 2 aromatic carbocycles. The van der Waals surface area contributed by atoms with Crippen LogP contribution in [0.1, 0.15) is 34.5 Å². The highest BCUT2D eigenvalue weighted by molar-refractivity contribution is 6.09. The number of methoxy groups -OCH3 is 1. The van der Waals surface area contributed by atoms with Crippen LogP contribution in [0, 0.1) is 0 Å². The van der Waals surface area contributed by atoms with Gasteiger partial charge in [-0.25, -0.2) is 9.97 Å². The highest BCUT2D eigenvalue weighted by Gasteiger charge is 2.21. The Morgan fingerprint density at radius 2 is 1.78 bits per heavy atom. The van der Waals surface area contributed by atoms with Crippen LogP contribution in [0.4, 0.5) is 5.69 Å². The van der Waals surface area contributed by atoms with Gasteiger partial charge >= 0.3 is 0 Å². The Morgan fingerprint density at radius 1 is 1.00 bits per heavy atom. The lowest BCUT2D eigenvalue weighted by Crippen LogP contribution is -2.15. The van der Waals surface area contributed by atoms with Crippen LogP contribution in [0.25, 0.3) is 11.3 Å². The summed E-state index contributed by atoms with van der Waals surface area (Å²) >= 11 is 0. The van der Waals surface area contributed by atoms with E-state index in [9.17, 15) is 4.79 Å². The summed E-state index contributed by atoms with van der Waals surface area (Å²) in [5.41, 5.74) is 5.21. The Kier molecular flexibility index (Phi) is 4.83. The molecule has 1 aliphatic rings. The summed E-state index contributed by atoms with van der Waals surface area (Å²) in [6.07, 6.45) is 5.81. The summed E-state index contributed by atoms with van der Waals surface area (Å²) in [5, 5.41) is 2.96. The summed E-state index contributed by atoms with van der Waals surface area (Å²) in [5.74, 6) is 0.445. The number of ether oxygens (including phenoxy) is 1. The number of carbonyl (C=O) groups is 1. The van der Waals surface area contributed by atoms with Gasteiger partial charge in [-0.2, -0.15) is 0 Å². The van der Waals surface area contributed by atoms with Crippen molar-refractivity contribution in [2.75, 3.05) is 12.4 Å². The predicted octanol–water partition coefficient (Wildman–Crippen LogP) is 4.28. The molecule has 136 valence electrons. The second kappa shape index (κ2) is 7.58. The van der Waals surface area contributed by atoms with Gasteiger partial charge < -0.3 is 10.1 Å². The van der Waals surface area contributed by atoms with E-state index < -0.39 is 0 Å². The normalized spacial score (nSPS) is 12.9. The fraction of sp³-hybridized carbons (Fsp3) is 0.227. The summed E-state index contributed by atoms with van der Waals surface area (Å²) in [6.45, 7) is 0. The van der Waals surface area contributed by atoms with Crippen molar-refractivity contribution in [2.45, 2.75) is 25.7 Å². The zero-order valence-corrected chi connectivity index (χ0v) is 15.2. The number of anilines is 1. The lowest BCUT2D eigenvalue weighted by molar-refractivity contribution is 0.102. The average Bonchev–Trinajstić information content (AvgIpc) is 2.73. The van der Waals surface area contributed by atoms with Gasteiger partial charge in [0.15, 0.2) is 0 Å². The molecule has 0 bridgehead atoms. The van der Waals surface area contributed by atoms with Crippen LogP contribution in [-0.4, -0.2) is 23.0 Å². The molecule has 1 aliphatic carbocycles. The van der Waals surface area contributed by atoms with Crippen molar-refractivity contribution in [1.82, 2.24) is 9.97 Å². The Balaban J connectivity index is 1.73. The number of benzene rings is 2. The first-order chi connectivity index (χ1) is 13.3. The fourth-order valence-corrected chi connectivity index (χ4v) is 3.58. The number of aromatic nitrogens is 2. The maximum atomic E-state index is 13.0. The van der Waals surface area contributed by atoms with Crippen LogP contribution in [-0.2, 0) is 12.8 Å². The molecule has 5 heteroatoms. The molecule has 5 nitrogen and oxygen atoms in total. The molecule has 3 aromatic rings. The van der Waals surface area contributed by atoms with Crippen LogP contribution in [0.5, 0.6) is 5.75 Å². The number of para-hydroxylation sites is 2. The minimum Gasteiger partial charge on any atom is -0.495 e. The number of hydrogen-bond donors (Lipinski definition) is 1. The number of nitrogens with zero attached hydrogens (tertiary/aromatic N) is 2. The molecule has 0 unspecified atom stereocenters. The Hall–Kier alpha value is -3.21. The molecular weight excluding hydrogens is 338 g/mol. The van der Waals surface area contributed by atoms with Gasteiger partial charge in [0.25, 0.3) is 5.91 Å². The van der Waals surface area contributed by atoms with Crippen LogP contribution < -0.4 is 10.1 Å². The molecule has 0 aliphatic heterocycles. The topological polar surface area (TPSA) is 64.1 Å². The molecule has 1 N–H and O–H groups in total. The number of carbonyl (C=O) groups excluding carboxylic acids is 1. The van der Waals surface area contributed by atoms with Crippen LogP contribution in [0.2, 0.25) is 0 Å². The summed E-state index contributed by atoms with van der Waals surface area (Å²) in [4.78, 5) is 22.0. The molecule has 0 radical (unpaired) electrons. The summed E-state index contributed by atoms with van der Waals surface area (Å²) in [7, 11) is 1.59. The number of nitrogens with one attached hydrogen (secondary N) is 1. The molecule has 1 amide bonds. The highest BCUT2D eigenvalue weighted by Crippen LogP contribution is 2.31. The Morgan fingerprint density at radius 3 is 2.67 bits per heavy atom. The van der Waals surface area contributed by atoms with Gasteiger partial charge in [-0.1, -0.05) is 30.3 Å². The molecule has 0 spiro atoms. The van der Waals surface area contributed by atoms with E-state index in [1.165, 1.54) is 5.56 Å². The second-order valence-electron chi connectivity index (χ2n) is 6.55. The van der Waals surface area contributed by atoms with Crippen molar-refractivity contribution >= 4 is 11.6 Å². The summed E-state index contributed by atoms with van der Waals surface area (Å²) in [6, 6.07) is 15.0. The van der Waals surface area contributed by atoms with E-state index in [1.54, 1.807) is 13.4 Å². The van der Waals surface area contributed by atoms with Gasteiger partial charge in [0.05, 0.1) is 18.5 Å². The number of aryl methyl sites for hydroxylation is 1. The van der Waals surface area contributed by atoms with Crippen molar-refractivity contribution in [1.29, 1.82) is 0 Å². The fourth-order valence-electron chi connectivity index (χ4n) is 3.58. The third-order valence-corrected chi connectivity index (χ3v) is 4.91. The molecule has 1 aromatic heterocycles. The lowest BCUT2D eigenvalue weighted by Gasteiger charge is -2.19. The molecule has 0 atom stereocenters. The first-order valence-corrected chi connectivity index (χ1v) is 9.14. The predicted molar refractivity (Wildman–Crippen MR) is 105 cm³/mol. The van der Waals surface area contributed by atoms with Crippen molar-refractivity contribution in [3.63, 3.8) is 0 Å². The van der Waals surface area contributed by atoms with E-state index in [0.717, 1.165) is 42.6 Å². The molecule has 27 heavy (non-hydrogen) atoms. The van der Waals surface area contributed by atoms with Crippen molar-refractivity contribution in [3.05, 3.63) is 71.7 Å². The third kappa shape index (κ3) is 3.40. The van der Waals surface area contributed by atoms with Gasteiger partial charge in [-0.3, -0.25) is 4.79 Å². The number of hydrogen-bond acceptors (Lipinski definition) is 4. The Bertz CT molecular complexity index is 985. The minimum absolute atomic E-state index is 0.182. The van der Waals surface area contributed by atoms with Crippen molar-refractivity contribution < 1.29 is 9.53 Å². The van der Waals surface area contributed by atoms with Crippen LogP contribution in [0.15, 0.2) is 54.9 Å². The maximum Gasteiger partial charge on any atom is 0.256 e. The van der Waals surface area contributed by atoms with E-state index in [-0.39, 0.29) is 5.91 Å². The second-order valence-corrected chi connectivity index (χ2v) is 6.55. The molecule has 1 heterocycles. The van der Waals surface area contributed by atoms with E-state index in [0.29, 0.717) is 17.0 Å². The van der Waals surface area contributed by atoms with E-state index in [2.05, 4.69) is 15.3 Å². The molecular formula is C22H21N3O2. The SMILES string of the molecule is COc1ccccc1NC(=O)c1ccccc1-c1ncnc2c1CCCC2. The van der Waals surface area contributed by atoms with Gasteiger partial charge in [0.2, 0.25) is 0 Å². The van der Waals surface area contributed by atoms with Gasteiger partial charge in [0, 0.05) is 22.4 Å². The van der Waals surface area contributed by atoms with Gasteiger partial charge in [0.1, 0.15) is 12.1 Å². The zero-order chi connectivity index (χ0) is 18.6. The lowest BCUT2D eigenvalue weighted by atomic mass is 9.91. The zero-order valence-electron chi connectivity index (χ0n) is 15.2. The molecule has 0 saturated heterocycles. The number of fused-ring (bicyclic) bond motifs is 1. The first-order valence-electron chi connectivity index (χ1n) is 9.14. The molecule has 0 saturated carbocycles. The number of rotatable bonds is 4. The Labute approximate surface area is 158 Å². The third-order valence-electron chi connectivity index (χ3n) is 4.91. The first kappa shape index (κ1) is 17.2. The van der Waals surface area contributed by atoms with E-state index >= 15 is 0 Å². The molecule has 4 rings (SSSR count). The largest absolute Gasteiger partial charge is 0.495 e. The van der Waals surface area contributed by atoms with Crippen LogP contribution >= 0.6 is 0 Å². The van der Waals surface area contributed by atoms with Crippen LogP contribution in [0.3, 0.4) is 0 Å². The summed E-state index contributed by atoms with van der Waals surface area (Å²) < 4.78 is 5.34. The van der Waals surface area contributed by atoms with Crippen molar-refractivity contribution in [3.8, 4) is 17.0 Å². The molecule has 0 fully saturated rings. The van der Waals surface area contributed by atoms with Gasteiger partial charge in [-0.05, 0) is 43.9 Å². The smallest absolute Gasteiger partial charge is 0.256 e. The number of amides is 1. The van der Waals surface area contributed by atoms with E-state index in [4.69, 9.17) is 4.74 Å². The van der Waals surface area contributed by atoms with E-state index in [1.807, 2.05) is 48.5 Å². The average molecular weight is 359 g/mol.